The van der Waals surface area contributed by atoms with Gasteiger partial charge in [0.25, 0.3) is 0 Å². The molecule has 0 aromatic carbocycles. The van der Waals surface area contributed by atoms with E-state index in [9.17, 15) is 0 Å². The van der Waals surface area contributed by atoms with Crippen LogP contribution >= 0.6 is 0 Å². The van der Waals surface area contributed by atoms with Crippen molar-refractivity contribution in [1.82, 2.24) is 15.2 Å². The minimum absolute atomic E-state index is 0.418. The van der Waals surface area contributed by atoms with E-state index in [-0.39, 0.29) is 0 Å². The first-order chi connectivity index (χ1) is 5.70. The maximum absolute atomic E-state index is 5.60. The van der Waals surface area contributed by atoms with Gasteiger partial charge >= 0.3 is 0 Å². The molecule has 0 saturated heterocycles. The number of aliphatic imine (C=N–C) groups is 1. The molecule has 0 amide bonds. The van der Waals surface area contributed by atoms with Gasteiger partial charge in [0.15, 0.2) is 11.7 Å². The van der Waals surface area contributed by atoms with E-state index in [4.69, 9.17) is 5.73 Å². The summed E-state index contributed by atoms with van der Waals surface area (Å²) < 4.78 is 0. The maximum atomic E-state index is 5.60. The van der Waals surface area contributed by atoms with Crippen LogP contribution in [0.4, 0.5) is 0 Å². The molecule has 0 aliphatic rings. The van der Waals surface area contributed by atoms with Gasteiger partial charge in [0.1, 0.15) is 6.33 Å². The molecule has 1 heterocycles. The van der Waals surface area contributed by atoms with Gasteiger partial charge in [-0.25, -0.2) is 4.98 Å². The van der Waals surface area contributed by atoms with Gasteiger partial charge in [0, 0.05) is 6.54 Å². The Morgan fingerprint density at radius 3 is 3.00 bits per heavy atom. The molecule has 0 radical (unpaired) electrons. The molecule has 0 fully saturated rings. The number of hydrogen-bond acceptors (Lipinski definition) is 3. The summed E-state index contributed by atoms with van der Waals surface area (Å²) in [6.07, 6.45) is 1.41. The largest absolute Gasteiger partial charge is 0.381 e. The van der Waals surface area contributed by atoms with Crippen LogP contribution in [0.25, 0.3) is 0 Å². The molecule has 5 nitrogen and oxygen atoms in total. The number of nitrogens with one attached hydrogen (secondary N) is 1. The summed E-state index contributed by atoms with van der Waals surface area (Å²) in [5.74, 6) is 1.46. The highest BCUT2D eigenvalue weighted by molar-refractivity contribution is 5.93. The van der Waals surface area contributed by atoms with Gasteiger partial charge in [-0.2, -0.15) is 5.10 Å². The maximum Gasteiger partial charge on any atom is 0.190 e. The number of nitrogens with zero attached hydrogens (tertiary/aromatic N) is 3. The number of hydrogen-bond donors (Lipinski definition) is 2. The lowest BCUT2D eigenvalue weighted by Crippen LogP contribution is -2.16. The quantitative estimate of drug-likeness (QED) is 0.497. The summed E-state index contributed by atoms with van der Waals surface area (Å²) in [5.41, 5.74) is 5.60. The van der Waals surface area contributed by atoms with Crippen molar-refractivity contribution < 1.29 is 0 Å². The lowest BCUT2D eigenvalue weighted by atomic mass is 10.2. The van der Waals surface area contributed by atoms with Gasteiger partial charge in [-0.1, -0.05) is 13.8 Å². The summed E-state index contributed by atoms with van der Waals surface area (Å²) in [6, 6.07) is 0. The fourth-order valence-electron chi connectivity index (χ4n) is 0.685. The zero-order chi connectivity index (χ0) is 8.97. The predicted octanol–water partition coefficient (Wildman–Crippen LogP) is 0.166. The Morgan fingerprint density at radius 1 is 1.75 bits per heavy atom. The Bertz CT molecular complexity index is 249. The molecule has 12 heavy (non-hydrogen) atoms. The molecule has 0 spiro atoms. The van der Waals surface area contributed by atoms with Crippen LogP contribution in [0.5, 0.6) is 0 Å². The number of amidine groups is 1. The number of aromatic amines is 1. The van der Waals surface area contributed by atoms with Crippen LogP contribution < -0.4 is 5.73 Å². The molecule has 5 heteroatoms. The van der Waals surface area contributed by atoms with E-state index in [0.29, 0.717) is 24.1 Å². The topological polar surface area (TPSA) is 79.9 Å². The Hall–Kier alpha value is -1.39. The van der Waals surface area contributed by atoms with Gasteiger partial charge in [-0.05, 0) is 5.92 Å². The average molecular weight is 167 g/mol. The van der Waals surface area contributed by atoms with Crippen molar-refractivity contribution in [3.63, 3.8) is 0 Å². The zero-order valence-electron chi connectivity index (χ0n) is 7.28. The molecule has 0 aliphatic heterocycles. The van der Waals surface area contributed by atoms with E-state index in [1.807, 2.05) is 0 Å². The van der Waals surface area contributed by atoms with Crippen LogP contribution in [-0.4, -0.2) is 27.6 Å². The van der Waals surface area contributed by atoms with Crippen molar-refractivity contribution in [3.8, 4) is 0 Å². The fourth-order valence-corrected chi connectivity index (χ4v) is 0.685. The lowest BCUT2D eigenvalue weighted by Gasteiger charge is -1.99. The molecular weight excluding hydrogens is 154 g/mol. The first kappa shape index (κ1) is 8.70. The Morgan fingerprint density at radius 2 is 2.50 bits per heavy atom. The number of aromatic nitrogens is 3. The van der Waals surface area contributed by atoms with E-state index < -0.39 is 0 Å². The molecular formula is C7H13N5. The summed E-state index contributed by atoms with van der Waals surface area (Å²) >= 11 is 0. The molecule has 1 aromatic heterocycles. The lowest BCUT2D eigenvalue weighted by molar-refractivity contribution is 0.665. The van der Waals surface area contributed by atoms with Crippen molar-refractivity contribution in [2.75, 3.05) is 6.54 Å². The third kappa shape index (κ3) is 2.34. The number of rotatable bonds is 3. The normalized spacial score (nSPS) is 12.4. The highest BCUT2D eigenvalue weighted by atomic mass is 15.2. The molecule has 1 rings (SSSR count). The smallest absolute Gasteiger partial charge is 0.190 e. The third-order valence-electron chi connectivity index (χ3n) is 1.28. The second-order valence-corrected chi connectivity index (χ2v) is 2.95. The van der Waals surface area contributed by atoms with Crippen molar-refractivity contribution in [2.24, 2.45) is 16.6 Å². The van der Waals surface area contributed by atoms with Gasteiger partial charge in [0.2, 0.25) is 0 Å². The molecule has 0 bridgehead atoms. The SMILES string of the molecule is CC(C)CN=C(N)c1ncn[nH]1. The standard InChI is InChI=1S/C7H13N5/c1-5(2)3-9-6(8)7-10-4-11-12-7/h4-5H,3H2,1-2H3,(H2,8,9)(H,10,11,12). The molecule has 1 aromatic rings. The van der Waals surface area contributed by atoms with Gasteiger partial charge in [-0.3, -0.25) is 10.1 Å². The molecule has 0 atom stereocenters. The van der Waals surface area contributed by atoms with E-state index in [1.54, 1.807) is 0 Å². The monoisotopic (exact) mass is 167 g/mol. The van der Waals surface area contributed by atoms with Crippen molar-refractivity contribution in [3.05, 3.63) is 12.2 Å². The first-order valence-electron chi connectivity index (χ1n) is 3.86. The highest BCUT2D eigenvalue weighted by Gasteiger charge is 2.00. The van der Waals surface area contributed by atoms with Crippen molar-refractivity contribution >= 4 is 5.84 Å². The summed E-state index contributed by atoms with van der Waals surface area (Å²) in [7, 11) is 0. The van der Waals surface area contributed by atoms with Crippen LogP contribution in [0.15, 0.2) is 11.3 Å². The Balaban J connectivity index is 2.59. The van der Waals surface area contributed by atoms with Crippen LogP contribution in [0, 0.1) is 5.92 Å². The summed E-state index contributed by atoms with van der Waals surface area (Å²) in [5, 5.41) is 6.32. The minimum Gasteiger partial charge on any atom is -0.381 e. The summed E-state index contributed by atoms with van der Waals surface area (Å²) in [4.78, 5) is 8.00. The van der Waals surface area contributed by atoms with E-state index in [1.165, 1.54) is 6.33 Å². The molecule has 0 saturated carbocycles. The van der Waals surface area contributed by atoms with Crippen molar-refractivity contribution in [1.29, 1.82) is 0 Å². The van der Waals surface area contributed by atoms with Gasteiger partial charge < -0.3 is 5.73 Å². The van der Waals surface area contributed by atoms with Crippen LogP contribution in [0.3, 0.4) is 0 Å². The second-order valence-electron chi connectivity index (χ2n) is 2.95. The fraction of sp³-hybridized carbons (Fsp3) is 0.571. The zero-order valence-corrected chi connectivity index (χ0v) is 7.28. The average Bonchev–Trinajstić information content (AvgIpc) is 2.51. The van der Waals surface area contributed by atoms with Gasteiger partial charge in [0.05, 0.1) is 0 Å². The summed E-state index contributed by atoms with van der Waals surface area (Å²) in [6.45, 7) is 4.88. The molecule has 0 aliphatic carbocycles. The highest BCUT2D eigenvalue weighted by Crippen LogP contribution is 1.93. The van der Waals surface area contributed by atoms with E-state index >= 15 is 0 Å². The predicted molar refractivity (Wildman–Crippen MR) is 46.8 cm³/mol. The van der Waals surface area contributed by atoms with Crippen LogP contribution in [0.1, 0.15) is 19.7 Å². The van der Waals surface area contributed by atoms with Crippen LogP contribution in [0.2, 0.25) is 0 Å². The van der Waals surface area contributed by atoms with E-state index in [2.05, 4.69) is 34.0 Å². The molecule has 3 N–H and O–H groups in total. The Kier molecular flexibility index (Phi) is 2.79. The first-order valence-corrected chi connectivity index (χ1v) is 3.86. The van der Waals surface area contributed by atoms with Crippen molar-refractivity contribution in [2.45, 2.75) is 13.8 Å². The molecule has 66 valence electrons. The van der Waals surface area contributed by atoms with E-state index in [0.717, 1.165) is 0 Å². The second kappa shape index (κ2) is 3.85. The third-order valence-corrected chi connectivity index (χ3v) is 1.28. The number of nitrogens with two attached hydrogens (primary N) is 1. The minimum atomic E-state index is 0.418. The van der Waals surface area contributed by atoms with Crippen LogP contribution in [-0.2, 0) is 0 Å². The molecule has 0 unspecified atom stereocenters. The number of H-pyrrole nitrogens is 1. The van der Waals surface area contributed by atoms with Gasteiger partial charge in [-0.15, -0.1) is 0 Å². The Labute approximate surface area is 71.1 Å².